The molecule has 2 aliphatic rings. The van der Waals surface area contributed by atoms with E-state index < -0.39 is 0 Å². The fourth-order valence-electron chi connectivity index (χ4n) is 3.08. The Labute approximate surface area is 158 Å². The molecule has 2 aliphatic heterocycles. The van der Waals surface area contributed by atoms with Gasteiger partial charge in [0.1, 0.15) is 4.32 Å². The number of thioether (sulfide) groups is 1. The molecule has 0 saturated carbocycles. The quantitative estimate of drug-likeness (QED) is 0.602. The van der Waals surface area contributed by atoms with E-state index in [0.29, 0.717) is 27.1 Å². The highest BCUT2D eigenvalue weighted by Crippen LogP contribution is 2.34. The molecule has 1 aromatic rings. The number of thiocarbonyl (C=S) groups is 1. The van der Waals surface area contributed by atoms with E-state index in [9.17, 15) is 9.59 Å². The Morgan fingerprint density at radius 2 is 1.88 bits per heavy atom. The van der Waals surface area contributed by atoms with Crippen LogP contribution in [0.25, 0.3) is 0 Å². The van der Waals surface area contributed by atoms with E-state index in [1.54, 1.807) is 7.05 Å². The molecule has 0 aromatic heterocycles. The zero-order valence-corrected chi connectivity index (χ0v) is 16.2. The molecule has 2 saturated heterocycles. The number of carbonyl (C=O) groups excluding carboxylic acids is 2. The number of amides is 2. The standard InChI is InChI=1S/C19H22N2O2S2/c1-13-8-10-21(11-9-13)17(22)15(12-14-6-4-3-5-7-14)16-18(23)20(2)19(24)25-16/h3-7,13H,8-12H2,1-2H3/b16-15+. The van der Waals surface area contributed by atoms with E-state index >= 15 is 0 Å². The normalized spacial score (nSPS) is 21.0. The van der Waals surface area contributed by atoms with Crippen LogP contribution in [0.1, 0.15) is 25.3 Å². The van der Waals surface area contributed by atoms with Gasteiger partial charge in [-0.3, -0.25) is 14.5 Å². The first-order chi connectivity index (χ1) is 12.0. The van der Waals surface area contributed by atoms with E-state index in [1.165, 1.54) is 16.7 Å². The van der Waals surface area contributed by atoms with Crippen molar-refractivity contribution in [3.05, 3.63) is 46.4 Å². The molecule has 0 bridgehead atoms. The Bertz CT molecular complexity index is 722. The van der Waals surface area contributed by atoms with Gasteiger partial charge in [0.25, 0.3) is 11.8 Å². The van der Waals surface area contributed by atoms with E-state index in [2.05, 4.69) is 6.92 Å². The highest BCUT2D eigenvalue weighted by molar-refractivity contribution is 8.26. The minimum Gasteiger partial charge on any atom is -0.339 e. The molecule has 25 heavy (non-hydrogen) atoms. The Hall–Kier alpha value is -1.66. The third-order valence-corrected chi connectivity index (χ3v) is 6.39. The van der Waals surface area contributed by atoms with E-state index in [0.717, 1.165) is 31.5 Å². The molecule has 0 aliphatic carbocycles. The van der Waals surface area contributed by atoms with Crippen LogP contribution < -0.4 is 0 Å². The van der Waals surface area contributed by atoms with Crippen molar-refractivity contribution in [3.63, 3.8) is 0 Å². The Morgan fingerprint density at radius 3 is 2.44 bits per heavy atom. The van der Waals surface area contributed by atoms with E-state index in [1.807, 2.05) is 35.2 Å². The number of hydrogen-bond donors (Lipinski definition) is 0. The molecule has 6 heteroatoms. The molecule has 0 atom stereocenters. The third-order valence-electron chi connectivity index (χ3n) is 4.79. The van der Waals surface area contributed by atoms with Crippen molar-refractivity contribution in [2.24, 2.45) is 5.92 Å². The molecule has 132 valence electrons. The average molecular weight is 375 g/mol. The lowest BCUT2D eigenvalue weighted by Crippen LogP contribution is -2.39. The van der Waals surface area contributed by atoms with Crippen molar-refractivity contribution in [1.29, 1.82) is 0 Å². The first-order valence-corrected chi connectivity index (χ1v) is 9.76. The highest BCUT2D eigenvalue weighted by atomic mass is 32.2. The Balaban J connectivity index is 1.93. The molecule has 3 rings (SSSR count). The second-order valence-electron chi connectivity index (χ2n) is 6.68. The molecule has 0 spiro atoms. The summed E-state index contributed by atoms with van der Waals surface area (Å²) in [5, 5.41) is 0. The number of nitrogens with zero attached hydrogens (tertiary/aromatic N) is 2. The topological polar surface area (TPSA) is 40.6 Å². The smallest absolute Gasteiger partial charge is 0.266 e. The third kappa shape index (κ3) is 3.96. The number of carbonyl (C=O) groups is 2. The van der Waals surface area contributed by atoms with Gasteiger partial charge in [0.15, 0.2) is 0 Å². The minimum absolute atomic E-state index is 0.0234. The summed E-state index contributed by atoms with van der Waals surface area (Å²) in [4.78, 5) is 29.6. The molecule has 1 aromatic carbocycles. The highest BCUT2D eigenvalue weighted by Gasteiger charge is 2.35. The lowest BCUT2D eigenvalue weighted by molar-refractivity contribution is -0.129. The monoisotopic (exact) mass is 374 g/mol. The van der Waals surface area contributed by atoms with Crippen LogP contribution in [0.4, 0.5) is 0 Å². The van der Waals surface area contributed by atoms with Crippen LogP contribution in [0, 0.1) is 5.92 Å². The van der Waals surface area contributed by atoms with Crippen LogP contribution in [-0.2, 0) is 16.0 Å². The van der Waals surface area contributed by atoms with Gasteiger partial charge in [-0.1, -0.05) is 61.2 Å². The Kier molecular flexibility index (Phi) is 5.59. The van der Waals surface area contributed by atoms with Gasteiger partial charge in [0.2, 0.25) is 0 Å². The van der Waals surface area contributed by atoms with Crippen molar-refractivity contribution in [1.82, 2.24) is 9.80 Å². The molecule has 0 N–H and O–H groups in total. The number of likely N-dealkylation sites (N-methyl/N-ethyl adjacent to an activating group) is 1. The first-order valence-electron chi connectivity index (χ1n) is 8.53. The zero-order valence-electron chi connectivity index (χ0n) is 14.5. The lowest BCUT2D eigenvalue weighted by atomic mass is 9.97. The summed E-state index contributed by atoms with van der Waals surface area (Å²) in [5.41, 5.74) is 1.60. The molecule has 2 heterocycles. The van der Waals surface area contributed by atoms with Crippen LogP contribution in [0.3, 0.4) is 0 Å². The maximum atomic E-state index is 13.2. The van der Waals surface area contributed by atoms with E-state index in [-0.39, 0.29) is 11.8 Å². The molecule has 0 radical (unpaired) electrons. The van der Waals surface area contributed by atoms with Gasteiger partial charge in [-0.05, 0) is 24.3 Å². The van der Waals surface area contributed by atoms with Crippen LogP contribution in [0.2, 0.25) is 0 Å². The number of piperidine rings is 1. The van der Waals surface area contributed by atoms with Crippen molar-refractivity contribution in [2.75, 3.05) is 20.1 Å². The second kappa shape index (κ2) is 7.70. The van der Waals surface area contributed by atoms with Gasteiger partial charge in [-0.2, -0.15) is 0 Å². The van der Waals surface area contributed by atoms with Crippen LogP contribution >= 0.6 is 24.0 Å². The van der Waals surface area contributed by atoms with Crippen molar-refractivity contribution in [2.45, 2.75) is 26.2 Å². The summed E-state index contributed by atoms with van der Waals surface area (Å²) in [6.07, 6.45) is 2.48. The van der Waals surface area contributed by atoms with Crippen molar-refractivity contribution in [3.8, 4) is 0 Å². The van der Waals surface area contributed by atoms with Crippen molar-refractivity contribution < 1.29 is 9.59 Å². The first kappa shape index (κ1) is 18.1. The van der Waals surface area contributed by atoms with Crippen molar-refractivity contribution >= 4 is 40.1 Å². The SMILES string of the molecule is CC1CCN(C(=O)/C(Cc2ccccc2)=C2/SC(=S)N(C)C2=O)CC1. The second-order valence-corrected chi connectivity index (χ2v) is 8.32. The van der Waals surface area contributed by atoms with Gasteiger partial charge in [-0.25, -0.2) is 0 Å². The van der Waals surface area contributed by atoms with Gasteiger partial charge in [0.05, 0.1) is 4.91 Å². The zero-order chi connectivity index (χ0) is 18.0. The predicted octanol–water partition coefficient (Wildman–Crippen LogP) is 3.23. The van der Waals surface area contributed by atoms with Crippen LogP contribution in [0.15, 0.2) is 40.8 Å². The number of hydrogen-bond acceptors (Lipinski definition) is 4. The summed E-state index contributed by atoms with van der Waals surface area (Å²) in [6.45, 7) is 3.73. The van der Waals surface area contributed by atoms with Crippen LogP contribution in [-0.4, -0.2) is 46.1 Å². The Morgan fingerprint density at radius 1 is 1.24 bits per heavy atom. The number of likely N-dealkylation sites (tertiary alicyclic amines) is 1. The van der Waals surface area contributed by atoms with Gasteiger partial charge < -0.3 is 4.90 Å². The fraction of sp³-hybridized carbons (Fsp3) is 0.421. The molecule has 0 unspecified atom stereocenters. The summed E-state index contributed by atoms with van der Waals surface area (Å²) in [7, 11) is 1.66. The molecule has 2 fully saturated rings. The van der Waals surface area contributed by atoms with Gasteiger partial charge in [0, 0.05) is 32.1 Å². The largest absolute Gasteiger partial charge is 0.339 e. The number of benzene rings is 1. The lowest BCUT2D eigenvalue weighted by Gasteiger charge is -2.31. The van der Waals surface area contributed by atoms with Gasteiger partial charge >= 0.3 is 0 Å². The number of rotatable bonds is 3. The summed E-state index contributed by atoms with van der Waals surface area (Å²) >= 11 is 6.49. The maximum Gasteiger partial charge on any atom is 0.266 e. The molecular formula is C19H22N2O2S2. The molecule has 4 nitrogen and oxygen atoms in total. The predicted molar refractivity (Wildman–Crippen MR) is 105 cm³/mol. The minimum atomic E-state index is -0.167. The molecule has 2 amide bonds. The summed E-state index contributed by atoms with van der Waals surface area (Å²) in [5.74, 6) is 0.458. The van der Waals surface area contributed by atoms with E-state index in [4.69, 9.17) is 12.2 Å². The van der Waals surface area contributed by atoms with Crippen LogP contribution in [0.5, 0.6) is 0 Å². The fourth-order valence-corrected chi connectivity index (χ4v) is 4.32. The van der Waals surface area contributed by atoms with Gasteiger partial charge in [-0.15, -0.1) is 0 Å². The summed E-state index contributed by atoms with van der Waals surface area (Å²) < 4.78 is 0.505. The average Bonchev–Trinajstić information content (AvgIpc) is 2.88. The summed E-state index contributed by atoms with van der Waals surface area (Å²) in [6, 6.07) is 9.81. The molecular weight excluding hydrogens is 352 g/mol. The maximum absolute atomic E-state index is 13.2.